The van der Waals surface area contributed by atoms with Gasteiger partial charge in [-0.3, -0.25) is 0 Å². The van der Waals surface area contributed by atoms with Crippen molar-refractivity contribution in [3.05, 3.63) is 95.1 Å². The molecule has 0 atom stereocenters. The molecule has 8 bridgehead atoms. The average Bonchev–Trinajstić information content (AvgIpc) is 3.85. The molecule has 0 saturated carbocycles. The van der Waals surface area contributed by atoms with E-state index < -0.39 is 23.9 Å². The van der Waals surface area contributed by atoms with E-state index >= 15 is 0 Å². The van der Waals surface area contributed by atoms with E-state index in [1.54, 1.807) is 24.3 Å². The van der Waals surface area contributed by atoms with E-state index in [2.05, 4.69) is 15.0 Å². The van der Waals surface area contributed by atoms with Crippen LogP contribution in [0.2, 0.25) is 0 Å². The van der Waals surface area contributed by atoms with Gasteiger partial charge in [0.05, 0.1) is 22.3 Å². The third-order valence-electron chi connectivity index (χ3n) is 8.82. The molecule has 7 aromatic rings. The van der Waals surface area contributed by atoms with E-state index in [-0.39, 0.29) is 68.1 Å². The first-order valence-electron chi connectivity index (χ1n) is 15.3. The third kappa shape index (κ3) is 4.62. The van der Waals surface area contributed by atoms with Crippen LogP contribution in [0.25, 0.3) is 89.7 Å². The van der Waals surface area contributed by atoms with Gasteiger partial charge in [0, 0.05) is 43.8 Å². The van der Waals surface area contributed by atoms with Crippen LogP contribution in [0.3, 0.4) is 0 Å². The van der Waals surface area contributed by atoms with Gasteiger partial charge in [0.25, 0.3) is 0 Å². The number of H-pyrrole nitrogens is 2. The molecular formula is C36H18N8O8. The van der Waals surface area contributed by atoms with Crippen LogP contribution in [0, 0.1) is 0 Å². The van der Waals surface area contributed by atoms with E-state index in [9.17, 15) is 39.6 Å². The van der Waals surface area contributed by atoms with Crippen LogP contribution >= 0.6 is 0 Å². The Morgan fingerprint density at radius 1 is 0.365 bits per heavy atom. The standard InChI is InChI=1S/C36H18N8O8/c45-33(46)13-1-5-17-21(9-13)29-38-25(17)37-26-18-6-2-14(34(47)48)10-22(18)30(39-26)41-28-20-8-4-16(36(51)52)12-24(20)32(43-28)44-31-23-11-15(35(49)50)3-7-19(23)27(40-29)42-31/h1-12H,(H,45,46)(H,47,48)(H,49,50)(H,51,52)(H2,37,38,39,40,41,42,43,44). The van der Waals surface area contributed by atoms with Crippen molar-refractivity contribution in [1.29, 1.82) is 0 Å². The number of fused-ring (bicyclic) bond motifs is 20. The van der Waals surface area contributed by atoms with Crippen LogP contribution in [0.4, 0.5) is 0 Å². The van der Waals surface area contributed by atoms with Crippen molar-refractivity contribution in [2.75, 3.05) is 0 Å². The van der Waals surface area contributed by atoms with Gasteiger partial charge in [0.2, 0.25) is 0 Å². The Morgan fingerprint density at radius 3 is 1.04 bits per heavy atom. The molecule has 16 nitrogen and oxygen atoms in total. The van der Waals surface area contributed by atoms with E-state index in [1.807, 2.05) is 0 Å². The van der Waals surface area contributed by atoms with Crippen LogP contribution in [0.5, 0.6) is 0 Å². The molecule has 52 heavy (non-hydrogen) atoms. The van der Waals surface area contributed by atoms with Gasteiger partial charge in [-0.15, -0.1) is 0 Å². The molecule has 2 aliphatic heterocycles. The predicted molar refractivity (Wildman–Crippen MR) is 184 cm³/mol. The van der Waals surface area contributed by atoms with Crippen LogP contribution < -0.4 is 0 Å². The van der Waals surface area contributed by atoms with Crippen LogP contribution in [-0.4, -0.2) is 84.2 Å². The number of aromatic carboxylic acids is 4. The summed E-state index contributed by atoms with van der Waals surface area (Å²) in [6, 6.07) is 17.5. The second-order valence-electron chi connectivity index (χ2n) is 11.9. The highest BCUT2D eigenvalue weighted by molar-refractivity contribution is 6.09. The Hall–Kier alpha value is -7.88. The van der Waals surface area contributed by atoms with Gasteiger partial charge in [0.1, 0.15) is 22.6 Å². The number of hydrogen-bond acceptors (Lipinski definition) is 10. The maximum atomic E-state index is 12.0. The molecule has 4 aromatic carbocycles. The fourth-order valence-electron chi connectivity index (χ4n) is 6.33. The lowest BCUT2D eigenvalue weighted by Crippen LogP contribution is -1.96. The van der Waals surface area contributed by atoms with Crippen LogP contribution in [0.15, 0.2) is 72.8 Å². The number of aromatic nitrogens is 8. The Kier molecular flexibility index (Phi) is 6.28. The molecule has 6 N–H and O–H groups in total. The topological polar surface area (TPSA) is 258 Å². The van der Waals surface area contributed by atoms with Crippen molar-refractivity contribution in [2.24, 2.45) is 0 Å². The number of nitrogens with zero attached hydrogens (tertiary/aromatic N) is 6. The van der Waals surface area contributed by atoms with E-state index in [0.717, 1.165) is 0 Å². The summed E-state index contributed by atoms with van der Waals surface area (Å²) >= 11 is 0. The third-order valence-corrected chi connectivity index (χ3v) is 8.82. The second-order valence-corrected chi connectivity index (χ2v) is 11.9. The molecule has 2 aliphatic rings. The van der Waals surface area contributed by atoms with Gasteiger partial charge in [-0.05, 0) is 72.8 Å². The minimum absolute atomic E-state index is 0.0170. The number of aromatic amines is 2. The van der Waals surface area contributed by atoms with Gasteiger partial charge in [-0.25, -0.2) is 49.1 Å². The van der Waals surface area contributed by atoms with Crippen molar-refractivity contribution in [3.63, 3.8) is 0 Å². The lowest BCUT2D eigenvalue weighted by atomic mass is 10.0. The first-order valence-corrected chi connectivity index (χ1v) is 15.3. The van der Waals surface area contributed by atoms with E-state index in [4.69, 9.17) is 24.9 Å². The molecule has 0 aliphatic carbocycles. The molecule has 16 heteroatoms. The fourth-order valence-corrected chi connectivity index (χ4v) is 6.33. The van der Waals surface area contributed by atoms with Gasteiger partial charge >= 0.3 is 23.9 Å². The number of carboxylic acids is 4. The van der Waals surface area contributed by atoms with Gasteiger partial charge < -0.3 is 30.4 Å². The Balaban J connectivity index is 1.48. The zero-order chi connectivity index (χ0) is 36.0. The van der Waals surface area contributed by atoms with Crippen molar-refractivity contribution in [1.82, 2.24) is 39.9 Å². The molecule has 0 amide bonds. The lowest BCUT2D eigenvalue weighted by molar-refractivity contribution is 0.0686. The zero-order valence-corrected chi connectivity index (χ0v) is 26.0. The van der Waals surface area contributed by atoms with Crippen LogP contribution in [0.1, 0.15) is 41.4 Å². The van der Waals surface area contributed by atoms with Crippen molar-refractivity contribution < 1.29 is 39.6 Å². The minimum Gasteiger partial charge on any atom is -0.478 e. The highest BCUT2D eigenvalue weighted by Crippen LogP contribution is 2.38. The molecule has 0 radical (unpaired) electrons. The first kappa shape index (κ1) is 30.2. The molecule has 9 rings (SSSR count). The monoisotopic (exact) mass is 690 g/mol. The van der Waals surface area contributed by atoms with Crippen molar-refractivity contribution in [2.45, 2.75) is 0 Å². The summed E-state index contributed by atoms with van der Waals surface area (Å²) in [5.41, 5.74) is 2.24. The molecule has 3 aromatic heterocycles. The Morgan fingerprint density at radius 2 is 0.673 bits per heavy atom. The summed E-state index contributed by atoms with van der Waals surface area (Å²) in [5.74, 6) is -4.27. The molecule has 0 unspecified atom stereocenters. The molecule has 0 spiro atoms. The smallest absolute Gasteiger partial charge is 0.335 e. The number of nitrogens with one attached hydrogen (secondary N) is 2. The highest BCUT2D eigenvalue weighted by atomic mass is 16.4. The van der Waals surface area contributed by atoms with Crippen molar-refractivity contribution >= 4 is 68.0 Å². The average molecular weight is 691 g/mol. The summed E-state index contributed by atoms with van der Waals surface area (Å²) in [4.78, 5) is 82.7. The second kappa shape index (κ2) is 10.8. The van der Waals surface area contributed by atoms with Crippen molar-refractivity contribution in [3.8, 4) is 45.6 Å². The number of hydrogen-bond donors (Lipinski definition) is 6. The largest absolute Gasteiger partial charge is 0.478 e. The summed E-state index contributed by atoms with van der Waals surface area (Å²) in [6.07, 6.45) is 0. The summed E-state index contributed by atoms with van der Waals surface area (Å²) in [5, 5.41) is 40.8. The minimum atomic E-state index is -1.19. The molecular weight excluding hydrogens is 672 g/mol. The molecule has 0 fully saturated rings. The maximum absolute atomic E-state index is 12.0. The fraction of sp³-hybridized carbons (Fsp3) is 0. The summed E-state index contributed by atoms with van der Waals surface area (Å²) < 4.78 is 0. The predicted octanol–water partition coefficient (Wildman–Crippen LogP) is 5.66. The lowest BCUT2D eigenvalue weighted by Gasteiger charge is -2.00. The Bertz CT molecular complexity index is 3000. The highest BCUT2D eigenvalue weighted by Gasteiger charge is 2.25. The van der Waals surface area contributed by atoms with E-state index in [1.165, 1.54) is 48.5 Å². The quantitative estimate of drug-likeness (QED) is 0.130. The number of rotatable bonds is 4. The number of benzene rings is 4. The van der Waals surface area contributed by atoms with Gasteiger partial charge in [-0.1, -0.05) is 0 Å². The summed E-state index contributed by atoms with van der Waals surface area (Å²) in [6.45, 7) is 0. The number of carbonyl (C=O) groups is 4. The molecule has 5 heterocycles. The molecule has 0 saturated heterocycles. The van der Waals surface area contributed by atoms with Gasteiger partial charge in [0.15, 0.2) is 23.3 Å². The van der Waals surface area contributed by atoms with Gasteiger partial charge in [-0.2, -0.15) is 0 Å². The normalized spacial score (nSPS) is 11.7. The Labute approximate surface area is 287 Å². The zero-order valence-electron chi connectivity index (χ0n) is 26.0. The SMILES string of the molecule is O=C(O)c1ccc2c(c1)-c1nc-2nc2[nH]c(nc3nc(nc4[nH]c(n1)c1ccc(C(=O)O)cc41)-c1cc(C(=O)O)ccc1-3)c1cc(C(=O)O)ccc21. The first-order chi connectivity index (χ1) is 25.0. The molecule has 250 valence electrons. The van der Waals surface area contributed by atoms with Crippen LogP contribution in [-0.2, 0) is 0 Å². The van der Waals surface area contributed by atoms with E-state index in [0.29, 0.717) is 43.8 Å². The number of carboxylic acid groups (broad SMARTS) is 4. The summed E-state index contributed by atoms with van der Waals surface area (Å²) in [7, 11) is 0. The maximum Gasteiger partial charge on any atom is 0.335 e.